The Balaban J connectivity index is 2.33. The Bertz CT molecular complexity index is 683. The predicted molar refractivity (Wildman–Crippen MR) is 70.2 cm³/mol. The lowest BCUT2D eigenvalue weighted by Gasteiger charge is -2.10. The number of rotatable bonds is 2. The molecule has 1 amide bonds. The van der Waals surface area contributed by atoms with E-state index in [9.17, 15) is 18.0 Å². The van der Waals surface area contributed by atoms with E-state index >= 15 is 0 Å². The van der Waals surface area contributed by atoms with Crippen LogP contribution in [0.1, 0.15) is 21.5 Å². The van der Waals surface area contributed by atoms with Crippen LogP contribution in [0, 0.1) is 31.3 Å². The molecule has 0 fully saturated rings. The van der Waals surface area contributed by atoms with Gasteiger partial charge in [-0.15, -0.1) is 0 Å². The lowest BCUT2D eigenvalue weighted by molar-refractivity contribution is 0.102. The van der Waals surface area contributed by atoms with Crippen LogP contribution in [0.2, 0.25) is 0 Å². The third-order valence-corrected chi connectivity index (χ3v) is 3.13. The van der Waals surface area contributed by atoms with E-state index in [-0.39, 0.29) is 0 Å². The standard InChI is InChI=1S/C15H12F3NO/c1-8-4-3-5-10(9(8)2)15(20)19-12-7-6-11(16)13(17)14(12)18/h3-7H,1-2H3,(H,19,20). The van der Waals surface area contributed by atoms with Crippen molar-refractivity contribution in [1.29, 1.82) is 0 Å². The van der Waals surface area contributed by atoms with Crippen molar-refractivity contribution in [3.8, 4) is 0 Å². The number of benzene rings is 2. The Morgan fingerprint density at radius 1 is 1.00 bits per heavy atom. The van der Waals surface area contributed by atoms with Crippen LogP contribution < -0.4 is 5.32 Å². The van der Waals surface area contributed by atoms with Crippen LogP contribution in [-0.4, -0.2) is 5.91 Å². The molecular formula is C15H12F3NO. The smallest absolute Gasteiger partial charge is 0.256 e. The molecule has 1 N–H and O–H groups in total. The third kappa shape index (κ3) is 2.52. The summed E-state index contributed by atoms with van der Waals surface area (Å²) in [6.45, 7) is 3.59. The Morgan fingerprint density at radius 3 is 2.40 bits per heavy atom. The summed E-state index contributed by atoms with van der Waals surface area (Å²) in [5, 5.41) is 2.24. The topological polar surface area (TPSA) is 29.1 Å². The molecule has 2 nitrogen and oxygen atoms in total. The molecule has 5 heteroatoms. The first-order chi connectivity index (χ1) is 9.41. The molecule has 0 aliphatic carbocycles. The van der Waals surface area contributed by atoms with Crippen molar-refractivity contribution in [2.75, 3.05) is 5.32 Å². The molecule has 0 bridgehead atoms. The molecule has 0 unspecified atom stereocenters. The molecular weight excluding hydrogens is 267 g/mol. The number of carbonyl (C=O) groups excluding carboxylic acids is 1. The lowest BCUT2D eigenvalue weighted by atomic mass is 10.0. The van der Waals surface area contributed by atoms with E-state index < -0.39 is 29.0 Å². The number of hydrogen-bond acceptors (Lipinski definition) is 1. The van der Waals surface area contributed by atoms with Crippen LogP contribution in [0.3, 0.4) is 0 Å². The van der Waals surface area contributed by atoms with Crippen LogP contribution >= 0.6 is 0 Å². The Hall–Kier alpha value is -2.30. The summed E-state index contributed by atoms with van der Waals surface area (Å²) >= 11 is 0. The van der Waals surface area contributed by atoms with Gasteiger partial charge in [0.25, 0.3) is 5.91 Å². The van der Waals surface area contributed by atoms with Gasteiger partial charge >= 0.3 is 0 Å². The average Bonchev–Trinajstić information content (AvgIpc) is 2.42. The zero-order valence-corrected chi connectivity index (χ0v) is 10.9. The largest absolute Gasteiger partial charge is 0.319 e. The lowest BCUT2D eigenvalue weighted by Crippen LogP contribution is -2.15. The first kappa shape index (κ1) is 14.1. The number of anilines is 1. The van der Waals surface area contributed by atoms with Gasteiger partial charge in [-0.1, -0.05) is 12.1 Å². The van der Waals surface area contributed by atoms with Gasteiger partial charge < -0.3 is 5.32 Å². The highest BCUT2D eigenvalue weighted by molar-refractivity contribution is 6.05. The van der Waals surface area contributed by atoms with Crippen molar-refractivity contribution in [1.82, 2.24) is 0 Å². The van der Waals surface area contributed by atoms with Crippen LogP contribution in [-0.2, 0) is 0 Å². The van der Waals surface area contributed by atoms with Crippen LogP contribution in [0.4, 0.5) is 18.9 Å². The second-order valence-electron chi connectivity index (χ2n) is 4.42. The van der Waals surface area contributed by atoms with Gasteiger partial charge in [0.2, 0.25) is 0 Å². The molecule has 0 saturated carbocycles. The average molecular weight is 279 g/mol. The first-order valence-corrected chi connectivity index (χ1v) is 5.93. The molecule has 0 atom stereocenters. The summed E-state index contributed by atoms with van der Waals surface area (Å²) in [5.41, 5.74) is 1.61. The Morgan fingerprint density at radius 2 is 1.70 bits per heavy atom. The van der Waals surface area contributed by atoms with Gasteiger partial charge in [0.1, 0.15) is 0 Å². The van der Waals surface area contributed by atoms with Crippen molar-refractivity contribution in [3.63, 3.8) is 0 Å². The molecule has 2 aromatic rings. The molecule has 0 heterocycles. The normalized spacial score (nSPS) is 10.4. The van der Waals surface area contributed by atoms with E-state index in [1.807, 2.05) is 13.0 Å². The molecule has 0 saturated heterocycles. The second kappa shape index (κ2) is 5.36. The number of aryl methyl sites for hydroxylation is 1. The minimum Gasteiger partial charge on any atom is -0.319 e. The molecule has 20 heavy (non-hydrogen) atoms. The van der Waals surface area contributed by atoms with E-state index in [0.29, 0.717) is 5.56 Å². The Kier molecular flexibility index (Phi) is 3.79. The highest BCUT2D eigenvalue weighted by Gasteiger charge is 2.17. The monoisotopic (exact) mass is 279 g/mol. The van der Waals surface area contributed by atoms with Crippen molar-refractivity contribution in [2.45, 2.75) is 13.8 Å². The molecule has 104 valence electrons. The molecule has 0 aliphatic heterocycles. The summed E-state index contributed by atoms with van der Waals surface area (Å²) in [4.78, 5) is 12.0. The van der Waals surface area contributed by atoms with Gasteiger partial charge in [-0.25, -0.2) is 13.2 Å². The first-order valence-electron chi connectivity index (χ1n) is 5.93. The number of nitrogens with one attached hydrogen (secondary N) is 1. The number of hydrogen-bond donors (Lipinski definition) is 1. The fraction of sp³-hybridized carbons (Fsp3) is 0.133. The van der Waals surface area contributed by atoms with Crippen molar-refractivity contribution in [3.05, 3.63) is 64.5 Å². The molecule has 0 spiro atoms. The van der Waals surface area contributed by atoms with E-state index in [1.165, 1.54) is 0 Å². The molecule has 0 aromatic heterocycles. The van der Waals surface area contributed by atoms with Gasteiger partial charge in [-0.3, -0.25) is 4.79 Å². The number of carbonyl (C=O) groups is 1. The fourth-order valence-corrected chi connectivity index (χ4v) is 1.81. The minimum absolute atomic E-state index is 0.356. The van der Waals surface area contributed by atoms with Crippen molar-refractivity contribution < 1.29 is 18.0 Å². The molecule has 0 aliphatic rings. The Labute approximate surface area is 114 Å². The molecule has 2 rings (SSSR count). The second-order valence-corrected chi connectivity index (χ2v) is 4.42. The van der Waals surface area contributed by atoms with Crippen LogP contribution in [0.5, 0.6) is 0 Å². The maximum atomic E-state index is 13.5. The molecule has 0 radical (unpaired) electrons. The summed E-state index contributed by atoms with van der Waals surface area (Å²) in [6.07, 6.45) is 0. The molecule has 2 aromatic carbocycles. The van der Waals surface area contributed by atoms with E-state index in [0.717, 1.165) is 23.3 Å². The van der Waals surface area contributed by atoms with Crippen molar-refractivity contribution in [2.24, 2.45) is 0 Å². The summed E-state index contributed by atoms with van der Waals surface area (Å²) in [6, 6.07) is 6.85. The summed E-state index contributed by atoms with van der Waals surface area (Å²) in [5.74, 6) is -4.89. The third-order valence-electron chi connectivity index (χ3n) is 3.13. The zero-order valence-electron chi connectivity index (χ0n) is 10.9. The van der Waals surface area contributed by atoms with Gasteiger partial charge in [0.05, 0.1) is 5.69 Å². The zero-order chi connectivity index (χ0) is 14.9. The number of amides is 1. The van der Waals surface area contributed by atoms with E-state index in [1.54, 1.807) is 19.1 Å². The maximum Gasteiger partial charge on any atom is 0.256 e. The maximum absolute atomic E-state index is 13.5. The van der Waals surface area contributed by atoms with E-state index in [2.05, 4.69) is 5.32 Å². The minimum atomic E-state index is -1.61. The van der Waals surface area contributed by atoms with Crippen molar-refractivity contribution >= 4 is 11.6 Å². The van der Waals surface area contributed by atoms with Gasteiger partial charge in [-0.05, 0) is 43.2 Å². The van der Waals surface area contributed by atoms with Crippen LogP contribution in [0.25, 0.3) is 0 Å². The van der Waals surface area contributed by atoms with Gasteiger partial charge in [0, 0.05) is 5.56 Å². The quantitative estimate of drug-likeness (QED) is 0.828. The van der Waals surface area contributed by atoms with Gasteiger partial charge in [-0.2, -0.15) is 0 Å². The summed E-state index contributed by atoms with van der Waals surface area (Å²) in [7, 11) is 0. The SMILES string of the molecule is Cc1cccc(C(=O)Nc2ccc(F)c(F)c2F)c1C. The van der Waals surface area contributed by atoms with Gasteiger partial charge in [0.15, 0.2) is 17.5 Å². The highest BCUT2D eigenvalue weighted by Crippen LogP contribution is 2.21. The predicted octanol–water partition coefficient (Wildman–Crippen LogP) is 3.97. The fourth-order valence-electron chi connectivity index (χ4n) is 1.81. The summed E-state index contributed by atoms with van der Waals surface area (Å²) < 4.78 is 39.4. The van der Waals surface area contributed by atoms with Crippen LogP contribution in [0.15, 0.2) is 30.3 Å². The number of halogens is 3. The highest BCUT2D eigenvalue weighted by atomic mass is 19.2. The van der Waals surface area contributed by atoms with E-state index in [4.69, 9.17) is 0 Å².